The number of hydrogen-bond donors (Lipinski definition) is 4. The molecule has 0 amide bonds. The Labute approximate surface area is 345 Å². The van der Waals surface area contributed by atoms with Crippen molar-refractivity contribution in [2.24, 2.45) is 0 Å². The minimum Gasteiger partial charge on any atom is -0.506 e. The molecule has 0 unspecified atom stereocenters. The number of thiophene rings is 2. The van der Waals surface area contributed by atoms with Crippen LogP contribution in [0.5, 0.6) is 11.5 Å². The molecule has 1 atom stereocenters. The molecule has 57 heavy (non-hydrogen) atoms. The Morgan fingerprint density at radius 1 is 0.965 bits per heavy atom. The van der Waals surface area contributed by atoms with E-state index in [9.17, 15) is 19.8 Å². The molecule has 13 heteroatoms. The molecule has 0 bridgehead atoms. The maximum absolute atomic E-state index is 12.8. The van der Waals surface area contributed by atoms with Crippen LogP contribution >= 0.6 is 22.7 Å². The summed E-state index contributed by atoms with van der Waals surface area (Å²) in [7, 11) is -0.0150. The van der Waals surface area contributed by atoms with Crippen LogP contribution < -0.4 is 15.6 Å². The van der Waals surface area contributed by atoms with Crippen LogP contribution in [0.3, 0.4) is 0 Å². The van der Waals surface area contributed by atoms with E-state index in [4.69, 9.17) is 13.9 Å². The summed E-state index contributed by atoms with van der Waals surface area (Å²) < 4.78 is 19.6. The van der Waals surface area contributed by atoms with Gasteiger partial charge in [-0.15, -0.1) is 22.7 Å². The fourth-order valence-corrected chi connectivity index (χ4v) is 10.4. The first-order chi connectivity index (χ1) is 27.2. The number of pyridine rings is 1. The molecule has 1 aliphatic rings. The molecule has 5 aromatic rings. The van der Waals surface area contributed by atoms with Crippen molar-refractivity contribution >= 4 is 47.9 Å². The van der Waals surface area contributed by atoms with Gasteiger partial charge in [0.05, 0.1) is 34.1 Å². The Morgan fingerprint density at radius 2 is 1.63 bits per heavy atom. The van der Waals surface area contributed by atoms with Crippen LogP contribution in [0.4, 0.5) is 0 Å². The topological polar surface area (TPSA) is 133 Å². The number of aromatic nitrogens is 1. The summed E-state index contributed by atoms with van der Waals surface area (Å²) in [6, 6.07) is 22.9. The zero-order chi connectivity index (χ0) is 40.8. The summed E-state index contributed by atoms with van der Waals surface area (Å²) in [6.07, 6.45) is 4.03. The molecule has 2 aromatic carbocycles. The Morgan fingerprint density at radius 3 is 2.23 bits per heavy atom. The lowest BCUT2D eigenvalue weighted by molar-refractivity contribution is -0.170. The summed E-state index contributed by atoms with van der Waals surface area (Å²) in [4.78, 5) is 31.5. The number of ether oxygens (including phenoxy) is 2. The molecule has 0 saturated heterocycles. The van der Waals surface area contributed by atoms with Crippen LogP contribution in [0.15, 0.2) is 88.4 Å². The maximum atomic E-state index is 12.8. The SMILES string of the molecule is CN(CCCOc1ccc(CNC[C@H](O[Si](C)(C)C(C)(C)C)c2ccc(O)c3[nH]c(=O)ccc23)cc1)[C@H]1CC[C@H](OC(C(=O)O)(c2cccs2)c2cccs2)CC1. The number of carboxylic acids is 1. The van der Waals surface area contributed by atoms with E-state index in [0.29, 0.717) is 41.0 Å². The second kappa shape index (κ2) is 18.4. The van der Waals surface area contributed by atoms with Crippen molar-refractivity contribution in [3.63, 3.8) is 0 Å². The highest BCUT2D eigenvalue weighted by atomic mass is 32.1. The smallest absolute Gasteiger partial charge is 0.347 e. The lowest BCUT2D eigenvalue weighted by Crippen LogP contribution is -2.44. The third-order valence-corrected chi connectivity index (χ3v) is 18.1. The van der Waals surface area contributed by atoms with Crippen LogP contribution in [0.1, 0.15) is 79.9 Å². The van der Waals surface area contributed by atoms with Crippen LogP contribution in [-0.4, -0.2) is 73.3 Å². The van der Waals surface area contributed by atoms with Crippen molar-refractivity contribution in [1.82, 2.24) is 15.2 Å². The highest BCUT2D eigenvalue weighted by Gasteiger charge is 2.48. The summed E-state index contributed by atoms with van der Waals surface area (Å²) in [6.45, 7) is 13.8. The van der Waals surface area contributed by atoms with Gasteiger partial charge in [-0.1, -0.05) is 51.1 Å². The van der Waals surface area contributed by atoms with E-state index in [-0.39, 0.29) is 28.6 Å². The molecule has 3 heterocycles. The zero-order valence-corrected chi connectivity index (χ0v) is 36.5. The summed E-state index contributed by atoms with van der Waals surface area (Å²) in [5.41, 5.74) is 0.745. The molecule has 306 valence electrons. The van der Waals surface area contributed by atoms with Gasteiger partial charge in [-0.3, -0.25) is 4.79 Å². The number of hydrogen-bond acceptors (Lipinski definition) is 10. The van der Waals surface area contributed by atoms with Gasteiger partial charge in [-0.05, 0) is 116 Å². The van der Waals surface area contributed by atoms with E-state index in [1.807, 2.05) is 53.2 Å². The minimum atomic E-state index is -2.18. The van der Waals surface area contributed by atoms with Crippen molar-refractivity contribution in [2.75, 3.05) is 26.7 Å². The van der Waals surface area contributed by atoms with Crippen molar-refractivity contribution < 1.29 is 28.9 Å². The molecule has 0 aliphatic heterocycles. The Bertz CT molecular complexity index is 2070. The Kier molecular flexibility index (Phi) is 13.8. The first kappa shape index (κ1) is 42.8. The Hall–Kier alpha value is -3.82. The molecule has 4 N–H and O–H groups in total. The third-order valence-electron chi connectivity index (χ3n) is 11.7. The van der Waals surface area contributed by atoms with Gasteiger partial charge in [0, 0.05) is 37.1 Å². The summed E-state index contributed by atoms with van der Waals surface area (Å²) in [5.74, 6) is -0.0903. The van der Waals surface area contributed by atoms with Crippen LogP contribution in [0.2, 0.25) is 18.1 Å². The van der Waals surface area contributed by atoms with E-state index in [0.717, 1.165) is 60.9 Å². The van der Waals surface area contributed by atoms with Crippen molar-refractivity contribution in [3.8, 4) is 11.5 Å². The zero-order valence-electron chi connectivity index (χ0n) is 33.9. The molecular weight excluding hydrogens is 775 g/mol. The molecule has 3 aromatic heterocycles. The van der Waals surface area contributed by atoms with Crippen molar-refractivity contribution in [3.05, 3.63) is 115 Å². The Balaban J connectivity index is 0.964. The summed E-state index contributed by atoms with van der Waals surface area (Å²) in [5, 5.41) is 29.2. The van der Waals surface area contributed by atoms with Crippen molar-refractivity contribution in [2.45, 2.75) is 101 Å². The fourth-order valence-electron chi connectivity index (χ4n) is 7.34. The van der Waals surface area contributed by atoms with Gasteiger partial charge in [0.2, 0.25) is 11.2 Å². The standard InChI is InChI=1S/C44H57N3O7S2Si/c1-43(2,3)57(5,6)54-37(34-20-22-36(48)41-35(34)21-23-40(49)46-41)29-45-28-30-12-16-32(17-13-30)52-25-9-24-47(4)31-14-18-33(19-15-31)53-44(42(50)51,38-10-7-26-55-38)39-11-8-27-56-39/h7-8,10-13,16-17,20-23,26-27,31,33,37,45,48H,9,14-15,18-19,24-25,28-29H2,1-6H3,(H,46,49)(H,50,51)/t31-,33-,37-/m0/s1. The predicted molar refractivity (Wildman–Crippen MR) is 232 cm³/mol. The van der Waals surface area contributed by atoms with Gasteiger partial charge in [0.15, 0.2) is 8.32 Å². The number of rotatable bonds is 18. The van der Waals surface area contributed by atoms with Crippen LogP contribution in [-0.2, 0) is 26.1 Å². The first-order valence-corrected chi connectivity index (χ1v) is 24.5. The second-order valence-corrected chi connectivity index (χ2v) is 23.3. The lowest BCUT2D eigenvalue weighted by Gasteiger charge is -2.39. The van der Waals surface area contributed by atoms with Crippen LogP contribution in [0.25, 0.3) is 10.9 Å². The molecule has 0 spiro atoms. The normalized spacial score (nSPS) is 17.2. The molecule has 0 radical (unpaired) electrons. The van der Waals surface area contributed by atoms with Crippen molar-refractivity contribution in [1.29, 1.82) is 0 Å². The number of H-pyrrole nitrogens is 1. The molecule has 1 saturated carbocycles. The number of fused-ring (bicyclic) bond motifs is 1. The highest BCUT2D eigenvalue weighted by molar-refractivity contribution is 7.12. The number of phenolic OH excluding ortho intramolecular Hbond substituents is 1. The number of aromatic hydroxyl groups is 1. The largest absolute Gasteiger partial charge is 0.506 e. The number of benzene rings is 2. The van der Waals surface area contributed by atoms with E-state index in [1.54, 1.807) is 12.1 Å². The average Bonchev–Trinajstić information content (AvgIpc) is 3.92. The van der Waals surface area contributed by atoms with Gasteiger partial charge in [-0.2, -0.15) is 0 Å². The van der Waals surface area contributed by atoms with Gasteiger partial charge < -0.3 is 39.3 Å². The molecule has 1 aliphatic carbocycles. The van der Waals surface area contributed by atoms with E-state index >= 15 is 0 Å². The number of carbonyl (C=O) groups is 1. The van der Waals surface area contributed by atoms with E-state index < -0.39 is 19.9 Å². The number of aliphatic carboxylic acids is 1. The highest BCUT2D eigenvalue weighted by Crippen LogP contribution is 2.43. The number of phenols is 1. The maximum Gasteiger partial charge on any atom is 0.347 e. The number of carboxylic acid groups (broad SMARTS) is 1. The van der Waals surface area contributed by atoms with E-state index in [1.165, 1.54) is 28.7 Å². The molecule has 1 fully saturated rings. The predicted octanol–water partition coefficient (Wildman–Crippen LogP) is 9.27. The quantitative estimate of drug-likeness (QED) is 0.0504. The number of nitrogens with zero attached hydrogens (tertiary/aromatic N) is 1. The van der Waals surface area contributed by atoms with E-state index in [2.05, 4.69) is 68.2 Å². The second-order valence-electron chi connectivity index (χ2n) is 16.6. The molecular formula is C44H57N3O7S2Si. The third kappa shape index (κ3) is 10.1. The van der Waals surface area contributed by atoms with Crippen LogP contribution in [0, 0.1) is 0 Å². The van der Waals surface area contributed by atoms with Gasteiger partial charge in [0.1, 0.15) is 11.5 Å². The minimum absolute atomic E-state index is 0.000417. The monoisotopic (exact) mass is 831 g/mol. The lowest BCUT2D eigenvalue weighted by atomic mass is 9.90. The first-order valence-electron chi connectivity index (χ1n) is 19.8. The molecule has 10 nitrogen and oxygen atoms in total. The molecule has 6 rings (SSSR count). The number of nitrogens with one attached hydrogen (secondary N) is 2. The van der Waals surface area contributed by atoms with Gasteiger partial charge in [0.25, 0.3) is 0 Å². The number of aromatic amines is 1. The fraction of sp³-hybridized carbons (Fsp3) is 0.455. The summed E-state index contributed by atoms with van der Waals surface area (Å²) >= 11 is 2.85. The average molecular weight is 832 g/mol. The van der Waals surface area contributed by atoms with Gasteiger partial charge in [-0.25, -0.2) is 4.79 Å². The van der Waals surface area contributed by atoms with Gasteiger partial charge >= 0.3 is 5.97 Å².